The molecule has 160 valence electrons. The van der Waals surface area contributed by atoms with Gasteiger partial charge in [0, 0.05) is 45.0 Å². The fraction of sp³-hybridized carbons (Fsp3) is 0.600. The van der Waals surface area contributed by atoms with Crippen LogP contribution in [0.2, 0.25) is 0 Å². The molecule has 7 nitrogen and oxygen atoms in total. The van der Waals surface area contributed by atoms with Gasteiger partial charge in [-0.25, -0.2) is 0 Å². The van der Waals surface area contributed by atoms with Gasteiger partial charge in [-0.05, 0) is 37.5 Å². The van der Waals surface area contributed by atoms with Crippen LogP contribution in [0.15, 0.2) is 29.3 Å². The number of guanidine groups is 1. The highest BCUT2D eigenvalue weighted by Gasteiger charge is 2.06. The second-order valence-electron chi connectivity index (χ2n) is 6.50. The normalized spacial score (nSPS) is 11.0. The van der Waals surface area contributed by atoms with Crippen LogP contribution >= 0.6 is 24.0 Å². The lowest BCUT2D eigenvalue weighted by Crippen LogP contribution is -2.41. The molecular formula is C20H35IN4O3. The molecule has 1 rings (SSSR count). The molecule has 0 aliphatic carbocycles. The van der Waals surface area contributed by atoms with Crippen molar-refractivity contribution in [1.82, 2.24) is 16.0 Å². The van der Waals surface area contributed by atoms with E-state index in [1.807, 2.05) is 13.0 Å². The molecule has 3 N–H and O–H groups in total. The molecule has 0 spiro atoms. The first-order chi connectivity index (χ1) is 13.1. The molecule has 0 radical (unpaired) electrons. The number of benzene rings is 1. The van der Waals surface area contributed by atoms with E-state index in [0.29, 0.717) is 36.9 Å². The molecule has 0 aliphatic rings. The third-order valence-electron chi connectivity index (χ3n) is 3.55. The van der Waals surface area contributed by atoms with Crippen molar-refractivity contribution in [2.45, 2.75) is 27.2 Å². The van der Waals surface area contributed by atoms with Crippen molar-refractivity contribution in [1.29, 1.82) is 0 Å². The van der Waals surface area contributed by atoms with Crippen LogP contribution in [0.3, 0.4) is 0 Å². The van der Waals surface area contributed by atoms with Crippen LogP contribution in [0, 0.1) is 5.92 Å². The van der Waals surface area contributed by atoms with E-state index in [4.69, 9.17) is 9.47 Å². The van der Waals surface area contributed by atoms with Crippen LogP contribution in [-0.4, -0.2) is 58.4 Å². The lowest BCUT2D eigenvalue weighted by molar-refractivity contribution is 0.0954. The summed E-state index contributed by atoms with van der Waals surface area (Å²) >= 11 is 0. The summed E-state index contributed by atoms with van der Waals surface area (Å²) < 4.78 is 10.7. The average molecular weight is 506 g/mol. The molecule has 0 fully saturated rings. The molecular weight excluding hydrogens is 471 g/mol. The van der Waals surface area contributed by atoms with Crippen molar-refractivity contribution in [3.05, 3.63) is 29.8 Å². The van der Waals surface area contributed by atoms with Crippen LogP contribution in [0.4, 0.5) is 0 Å². The number of ether oxygens (including phenoxy) is 2. The summed E-state index contributed by atoms with van der Waals surface area (Å²) in [7, 11) is 1.58. The maximum absolute atomic E-state index is 12.1. The van der Waals surface area contributed by atoms with Crippen molar-refractivity contribution >= 4 is 35.8 Å². The molecule has 28 heavy (non-hydrogen) atoms. The van der Waals surface area contributed by atoms with Gasteiger partial charge in [-0.2, -0.15) is 0 Å². The van der Waals surface area contributed by atoms with Gasteiger partial charge in [-0.3, -0.25) is 9.79 Å². The summed E-state index contributed by atoms with van der Waals surface area (Å²) in [6.07, 6.45) is 0.885. The minimum absolute atomic E-state index is 0. The van der Waals surface area contributed by atoms with Crippen LogP contribution in [0.1, 0.15) is 37.6 Å². The Morgan fingerprint density at radius 2 is 1.93 bits per heavy atom. The van der Waals surface area contributed by atoms with Gasteiger partial charge in [0.05, 0.1) is 7.11 Å². The maximum Gasteiger partial charge on any atom is 0.251 e. The van der Waals surface area contributed by atoms with Crippen molar-refractivity contribution in [3.8, 4) is 5.75 Å². The van der Waals surface area contributed by atoms with Gasteiger partial charge in [0.1, 0.15) is 5.75 Å². The zero-order chi connectivity index (χ0) is 19.9. The first kappa shape index (κ1) is 26.4. The number of methoxy groups -OCH3 is 1. The van der Waals surface area contributed by atoms with Crippen molar-refractivity contribution in [2.75, 3.05) is 46.5 Å². The Morgan fingerprint density at radius 1 is 1.18 bits per heavy atom. The van der Waals surface area contributed by atoms with E-state index in [9.17, 15) is 4.79 Å². The number of rotatable bonds is 12. The molecule has 0 aromatic heterocycles. The standard InChI is InChI=1S/C20H34N4O3.HI/c1-5-21-20(23-10-7-13-27-15-16(2)3)24-12-11-22-19(25)17-8-6-9-18(14-17)26-4;/h6,8-9,14,16H,5,7,10-13,15H2,1-4H3,(H,22,25)(H2,21,23,24);1H. The Balaban J connectivity index is 0.00000729. The average Bonchev–Trinajstić information content (AvgIpc) is 2.67. The first-order valence-corrected chi connectivity index (χ1v) is 9.59. The first-order valence-electron chi connectivity index (χ1n) is 9.59. The van der Waals surface area contributed by atoms with E-state index in [1.165, 1.54) is 0 Å². The van der Waals surface area contributed by atoms with Crippen LogP contribution in [0.25, 0.3) is 0 Å². The monoisotopic (exact) mass is 506 g/mol. The van der Waals surface area contributed by atoms with Gasteiger partial charge in [0.15, 0.2) is 5.96 Å². The Hall–Kier alpha value is -1.55. The van der Waals surface area contributed by atoms with Gasteiger partial charge in [0.2, 0.25) is 0 Å². The minimum atomic E-state index is -0.125. The number of nitrogens with one attached hydrogen (secondary N) is 3. The molecule has 0 saturated heterocycles. The Bertz CT molecular complexity index is 582. The summed E-state index contributed by atoms with van der Waals surface area (Å²) in [4.78, 5) is 16.7. The highest BCUT2D eigenvalue weighted by Crippen LogP contribution is 2.12. The van der Waals surface area contributed by atoms with Gasteiger partial charge in [-0.1, -0.05) is 19.9 Å². The topological polar surface area (TPSA) is 84.0 Å². The molecule has 0 unspecified atom stereocenters. The lowest BCUT2D eigenvalue weighted by atomic mass is 10.2. The number of carbonyl (C=O) groups excluding carboxylic acids is 1. The molecule has 1 aromatic carbocycles. The highest BCUT2D eigenvalue weighted by molar-refractivity contribution is 14.0. The Morgan fingerprint density at radius 3 is 2.61 bits per heavy atom. The van der Waals surface area contributed by atoms with Crippen molar-refractivity contribution in [2.24, 2.45) is 10.9 Å². The summed E-state index contributed by atoms with van der Waals surface area (Å²) in [5.74, 6) is 1.84. The van der Waals surface area contributed by atoms with Gasteiger partial charge in [0.25, 0.3) is 5.91 Å². The third kappa shape index (κ3) is 12.0. The van der Waals surface area contributed by atoms with Gasteiger partial charge in [-0.15, -0.1) is 24.0 Å². The zero-order valence-electron chi connectivity index (χ0n) is 17.4. The summed E-state index contributed by atoms with van der Waals surface area (Å²) in [5, 5.41) is 9.30. The maximum atomic E-state index is 12.1. The van der Waals surface area contributed by atoms with E-state index < -0.39 is 0 Å². The summed E-state index contributed by atoms with van der Waals surface area (Å²) in [6, 6.07) is 7.09. The molecule has 0 aliphatic heterocycles. The second-order valence-corrected chi connectivity index (χ2v) is 6.50. The largest absolute Gasteiger partial charge is 0.497 e. The van der Waals surface area contributed by atoms with Crippen LogP contribution in [0.5, 0.6) is 5.75 Å². The number of nitrogens with zero attached hydrogens (tertiary/aromatic N) is 1. The highest BCUT2D eigenvalue weighted by atomic mass is 127. The minimum Gasteiger partial charge on any atom is -0.497 e. The third-order valence-corrected chi connectivity index (χ3v) is 3.55. The molecule has 0 saturated carbocycles. The predicted octanol–water partition coefficient (Wildman–Crippen LogP) is 2.66. The number of amides is 1. The van der Waals surface area contributed by atoms with Crippen molar-refractivity contribution in [3.63, 3.8) is 0 Å². The molecule has 0 heterocycles. The molecule has 1 aromatic rings. The molecule has 0 atom stereocenters. The van der Waals surface area contributed by atoms with Crippen LogP contribution in [-0.2, 0) is 4.74 Å². The lowest BCUT2D eigenvalue weighted by Gasteiger charge is -2.12. The fourth-order valence-corrected chi connectivity index (χ4v) is 2.24. The van der Waals surface area contributed by atoms with E-state index in [0.717, 1.165) is 32.1 Å². The van der Waals surface area contributed by atoms with Crippen molar-refractivity contribution < 1.29 is 14.3 Å². The van der Waals surface area contributed by atoms with E-state index in [-0.39, 0.29) is 29.9 Å². The smallest absolute Gasteiger partial charge is 0.251 e. The quantitative estimate of drug-likeness (QED) is 0.176. The second kappa shape index (κ2) is 16.4. The fourth-order valence-electron chi connectivity index (χ4n) is 2.24. The van der Waals surface area contributed by atoms with Gasteiger partial charge < -0.3 is 25.4 Å². The number of halogens is 1. The molecule has 8 heteroatoms. The summed E-state index contributed by atoms with van der Waals surface area (Å²) in [6.45, 7) is 10.4. The number of aliphatic imine (C=N–C) groups is 1. The SMILES string of the molecule is CCNC(=NCCCOCC(C)C)NCCNC(=O)c1cccc(OC)c1.I. The van der Waals surface area contributed by atoms with E-state index in [2.05, 4.69) is 34.8 Å². The van der Waals surface area contributed by atoms with E-state index in [1.54, 1.807) is 25.3 Å². The summed E-state index contributed by atoms with van der Waals surface area (Å²) in [5.41, 5.74) is 0.580. The number of hydrogen-bond acceptors (Lipinski definition) is 4. The molecule has 0 bridgehead atoms. The molecule has 1 amide bonds. The number of carbonyl (C=O) groups is 1. The predicted molar refractivity (Wildman–Crippen MR) is 125 cm³/mol. The Labute approximate surface area is 186 Å². The Kier molecular flexibility index (Phi) is 15.5. The zero-order valence-corrected chi connectivity index (χ0v) is 19.7. The number of hydrogen-bond donors (Lipinski definition) is 3. The van der Waals surface area contributed by atoms with Gasteiger partial charge >= 0.3 is 0 Å². The van der Waals surface area contributed by atoms with Crippen LogP contribution < -0.4 is 20.7 Å². The van der Waals surface area contributed by atoms with E-state index >= 15 is 0 Å².